The summed E-state index contributed by atoms with van der Waals surface area (Å²) in [7, 11) is 0. The van der Waals surface area contributed by atoms with Crippen LogP contribution in [-0.2, 0) is 0 Å². The lowest BCUT2D eigenvalue weighted by Gasteiger charge is -2.30. The molecule has 1 unspecified atom stereocenters. The second kappa shape index (κ2) is 5.87. The number of nitrogens with zero attached hydrogens (tertiary/aromatic N) is 1. The Kier molecular flexibility index (Phi) is 4.70. The minimum absolute atomic E-state index is 0.390. The molecule has 1 atom stereocenters. The molecule has 1 aliphatic carbocycles. The number of hydrogen-bond acceptors (Lipinski definition) is 4. The molecule has 0 aromatic carbocycles. The Bertz CT molecular complexity index is 275. The molecule has 1 aliphatic heterocycles. The molecule has 0 radical (unpaired) electrons. The Balaban J connectivity index is 1.77. The number of thioether (sulfide) groups is 2. The molecule has 2 nitrogen and oxygen atoms in total. The van der Waals surface area contributed by atoms with Crippen LogP contribution in [0.2, 0.25) is 0 Å². The van der Waals surface area contributed by atoms with Gasteiger partial charge in [-0.05, 0) is 37.9 Å². The Hall–Kier alpha value is 0.170. The highest BCUT2D eigenvalue weighted by Crippen LogP contribution is 2.41. The van der Waals surface area contributed by atoms with Crippen LogP contribution in [-0.4, -0.2) is 34.5 Å². The van der Waals surface area contributed by atoms with E-state index < -0.39 is 0 Å². The molecule has 0 aromatic rings. The molecular formula is C13H24N2S2. The summed E-state index contributed by atoms with van der Waals surface area (Å²) in [4.78, 5) is 4.64. The second-order valence-corrected chi connectivity index (χ2v) is 7.59. The normalized spacial score (nSPS) is 24.9. The minimum atomic E-state index is 0.390. The van der Waals surface area contributed by atoms with Crippen LogP contribution in [0.3, 0.4) is 0 Å². The summed E-state index contributed by atoms with van der Waals surface area (Å²) < 4.78 is 0.390. The SMILES string of the molecule is CCC(CC)(CNC1=NCC(C2CC2)S1)SC. The van der Waals surface area contributed by atoms with Crippen molar-refractivity contribution in [2.45, 2.75) is 49.5 Å². The molecule has 17 heavy (non-hydrogen) atoms. The van der Waals surface area contributed by atoms with Gasteiger partial charge in [0.2, 0.25) is 0 Å². The highest BCUT2D eigenvalue weighted by atomic mass is 32.2. The Morgan fingerprint density at radius 1 is 1.41 bits per heavy atom. The van der Waals surface area contributed by atoms with Gasteiger partial charge < -0.3 is 5.32 Å². The Labute approximate surface area is 114 Å². The molecule has 0 spiro atoms. The van der Waals surface area contributed by atoms with Crippen LogP contribution >= 0.6 is 23.5 Å². The molecule has 0 bridgehead atoms. The van der Waals surface area contributed by atoms with Gasteiger partial charge >= 0.3 is 0 Å². The van der Waals surface area contributed by atoms with Crippen LogP contribution < -0.4 is 5.32 Å². The first kappa shape index (κ1) is 13.6. The first-order chi connectivity index (χ1) is 8.23. The van der Waals surface area contributed by atoms with Gasteiger partial charge in [-0.1, -0.05) is 25.6 Å². The summed E-state index contributed by atoms with van der Waals surface area (Å²) in [5.74, 6) is 0.964. The third-order valence-corrected chi connectivity index (χ3v) is 7.03. The average Bonchev–Trinajstić information content (AvgIpc) is 3.12. The van der Waals surface area contributed by atoms with E-state index in [-0.39, 0.29) is 0 Å². The first-order valence-corrected chi connectivity index (χ1v) is 8.83. The van der Waals surface area contributed by atoms with E-state index in [2.05, 4.69) is 30.4 Å². The summed E-state index contributed by atoms with van der Waals surface area (Å²) in [6, 6.07) is 0. The third kappa shape index (κ3) is 3.34. The van der Waals surface area contributed by atoms with Gasteiger partial charge in [0.1, 0.15) is 0 Å². The number of nitrogens with one attached hydrogen (secondary N) is 1. The van der Waals surface area contributed by atoms with E-state index in [1.165, 1.54) is 30.9 Å². The molecule has 4 heteroatoms. The fraction of sp³-hybridized carbons (Fsp3) is 0.923. The van der Waals surface area contributed by atoms with Gasteiger partial charge in [-0.3, -0.25) is 4.99 Å². The molecule has 1 saturated carbocycles. The predicted molar refractivity (Wildman–Crippen MR) is 81.2 cm³/mol. The molecule has 98 valence electrons. The molecule has 2 rings (SSSR count). The summed E-state index contributed by atoms with van der Waals surface area (Å²) in [5, 5.41) is 5.56. The van der Waals surface area contributed by atoms with Crippen LogP contribution in [0.1, 0.15) is 39.5 Å². The number of rotatable bonds is 6. The van der Waals surface area contributed by atoms with Crippen molar-refractivity contribution in [1.29, 1.82) is 0 Å². The van der Waals surface area contributed by atoms with E-state index in [0.29, 0.717) is 4.75 Å². The summed E-state index contributed by atoms with van der Waals surface area (Å²) in [6.07, 6.45) is 7.53. The van der Waals surface area contributed by atoms with Gasteiger partial charge in [0, 0.05) is 16.5 Å². The van der Waals surface area contributed by atoms with Crippen LogP contribution in [0.5, 0.6) is 0 Å². The van der Waals surface area contributed by atoms with Gasteiger partial charge in [0.25, 0.3) is 0 Å². The second-order valence-electron chi connectivity index (χ2n) is 5.09. The van der Waals surface area contributed by atoms with Crippen LogP contribution in [0.4, 0.5) is 0 Å². The summed E-state index contributed by atoms with van der Waals surface area (Å²) >= 11 is 3.98. The van der Waals surface area contributed by atoms with Crippen molar-refractivity contribution in [3.8, 4) is 0 Å². The van der Waals surface area contributed by atoms with Crippen molar-refractivity contribution in [3.05, 3.63) is 0 Å². The fourth-order valence-electron chi connectivity index (χ4n) is 2.30. The molecule has 2 aliphatic rings. The van der Waals surface area contributed by atoms with Gasteiger partial charge in [0.05, 0.1) is 6.54 Å². The highest BCUT2D eigenvalue weighted by Gasteiger charge is 2.35. The topological polar surface area (TPSA) is 24.4 Å². The number of hydrogen-bond donors (Lipinski definition) is 1. The molecule has 0 amide bonds. The van der Waals surface area contributed by atoms with Gasteiger partial charge in [-0.2, -0.15) is 11.8 Å². The predicted octanol–water partition coefficient (Wildman–Crippen LogP) is 3.38. The van der Waals surface area contributed by atoms with Crippen molar-refractivity contribution in [3.63, 3.8) is 0 Å². The van der Waals surface area contributed by atoms with Crippen molar-refractivity contribution in [2.24, 2.45) is 10.9 Å². The quantitative estimate of drug-likeness (QED) is 0.802. The zero-order valence-corrected chi connectivity index (χ0v) is 12.8. The van der Waals surface area contributed by atoms with E-state index >= 15 is 0 Å². The van der Waals surface area contributed by atoms with Crippen molar-refractivity contribution in [2.75, 3.05) is 19.3 Å². The van der Waals surface area contributed by atoms with Crippen molar-refractivity contribution < 1.29 is 0 Å². The fourth-order valence-corrected chi connectivity index (χ4v) is 4.30. The smallest absolute Gasteiger partial charge is 0.156 e. The van der Waals surface area contributed by atoms with E-state index in [4.69, 9.17) is 0 Å². The molecule has 1 fully saturated rings. The Morgan fingerprint density at radius 3 is 2.65 bits per heavy atom. The maximum atomic E-state index is 4.64. The summed E-state index contributed by atoms with van der Waals surface area (Å²) in [5.41, 5.74) is 0. The molecular weight excluding hydrogens is 248 g/mol. The largest absolute Gasteiger partial charge is 0.364 e. The molecule has 1 N–H and O–H groups in total. The maximum Gasteiger partial charge on any atom is 0.156 e. The van der Waals surface area contributed by atoms with Gasteiger partial charge in [-0.25, -0.2) is 0 Å². The lowest BCUT2D eigenvalue weighted by Crippen LogP contribution is -2.38. The molecule has 0 saturated heterocycles. The maximum absolute atomic E-state index is 4.64. The van der Waals surface area contributed by atoms with Crippen LogP contribution in [0.15, 0.2) is 4.99 Å². The number of aliphatic imine (C=N–C) groups is 1. The van der Waals surface area contributed by atoms with Crippen molar-refractivity contribution in [1.82, 2.24) is 5.32 Å². The first-order valence-electron chi connectivity index (χ1n) is 6.73. The van der Waals surface area contributed by atoms with Crippen molar-refractivity contribution >= 4 is 28.7 Å². The van der Waals surface area contributed by atoms with E-state index in [1.807, 2.05) is 23.5 Å². The Morgan fingerprint density at radius 2 is 2.12 bits per heavy atom. The molecule has 0 aromatic heterocycles. The highest BCUT2D eigenvalue weighted by molar-refractivity contribution is 8.14. The third-order valence-electron chi connectivity index (χ3n) is 4.11. The standard InChI is InChI=1S/C13H24N2S2/c1-4-13(5-2,16-3)9-15-12-14-8-11(17-12)10-6-7-10/h10-11H,4-9H2,1-3H3,(H,14,15). The van der Waals surface area contributed by atoms with E-state index in [9.17, 15) is 0 Å². The zero-order chi connectivity index (χ0) is 12.3. The molecule has 1 heterocycles. The van der Waals surface area contributed by atoms with Crippen LogP contribution in [0, 0.1) is 5.92 Å². The average molecular weight is 272 g/mol. The number of amidine groups is 1. The van der Waals surface area contributed by atoms with Crippen LogP contribution in [0.25, 0.3) is 0 Å². The van der Waals surface area contributed by atoms with E-state index in [1.54, 1.807) is 0 Å². The summed E-state index contributed by atoms with van der Waals surface area (Å²) in [6.45, 7) is 6.68. The van der Waals surface area contributed by atoms with E-state index in [0.717, 1.165) is 24.3 Å². The monoisotopic (exact) mass is 272 g/mol. The lowest BCUT2D eigenvalue weighted by atomic mass is 10.0. The van der Waals surface area contributed by atoms with Gasteiger partial charge in [0.15, 0.2) is 5.17 Å². The zero-order valence-electron chi connectivity index (χ0n) is 11.2. The minimum Gasteiger partial charge on any atom is -0.364 e. The van der Waals surface area contributed by atoms with Gasteiger partial charge in [-0.15, -0.1) is 0 Å². The lowest BCUT2D eigenvalue weighted by molar-refractivity contribution is 0.538.